The second-order valence-electron chi connectivity index (χ2n) is 5.85. The molecule has 0 saturated heterocycles. The largest absolute Gasteiger partial charge is 0.699 e. The zero-order valence-electron chi connectivity index (χ0n) is 14.1. The zero-order chi connectivity index (χ0) is 14.1. The summed E-state index contributed by atoms with van der Waals surface area (Å²) in [5.74, 6) is 0. The minimum absolute atomic E-state index is 0. The van der Waals surface area contributed by atoms with Crippen LogP contribution in [0.3, 0.4) is 0 Å². The Labute approximate surface area is 179 Å². The molecule has 1 aromatic rings. The molecule has 0 amide bonds. The van der Waals surface area contributed by atoms with E-state index in [1.54, 1.807) is 0 Å². The molecule has 3 heterocycles. The maximum Gasteiger partial charge on any atom is 0.699 e. The Balaban J connectivity index is 0.00000110. The van der Waals surface area contributed by atoms with Gasteiger partial charge >= 0.3 is 7.55 Å². The quantitative estimate of drug-likeness (QED) is 0.559. The Morgan fingerprint density at radius 1 is 0.762 bits per heavy atom. The summed E-state index contributed by atoms with van der Waals surface area (Å²) in [6.07, 6.45) is 0. The Morgan fingerprint density at radius 3 is 1.90 bits per heavy atom. The second-order valence-corrected chi connectivity index (χ2v) is 5.85. The van der Waals surface area contributed by atoms with E-state index < -0.39 is 0 Å². The van der Waals surface area contributed by atoms with Gasteiger partial charge in [-0.05, 0) is 52.7 Å². The minimum Gasteiger partial charge on any atom is -0.322 e. The van der Waals surface area contributed by atoms with Crippen LogP contribution in [0, 0.1) is 20.8 Å². The molecule has 2 aliphatic rings. The first kappa shape index (κ1) is 19.7. The van der Waals surface area contributed by atoms with Crippen molar-refractivity contribution in [2.75, 3.05) is 0 Å². The molecule has 0 aliphatic carbocycles. The van der Waals surface area contributed by atoms with Crippen LogP contribution in [0.15, 0.2) is 16.8 Å². The van der Waals surface area contributed by atoms with Gasteiger partial charge in [-0.25, -0.2) is 0 Å². The first-order chi connectivity index (χ1) is 8.86. The fraction of sp³-hybridized carbons (Fsp3) is 0.438. The van der Waals surface area contributed by atoms with Crippen LogP contribution in [0.1, 0.15) is 50.2 Å². The summed E-state index contributed by atoms with van der Waals surface area (Å²) in [5, 5.41) is 0. The molecule has 0 N–H and O–H groups in total. The third-order valence-corrected chi connectivity index (χ3v) is 5.07. The Hall–Kier alpha value is 0.703. The third kappa shape index (κ3) is 2.61. The van der Waals surface area contributed by atoms with Crippen molar-refractivity contribution in [1.82, 2.24) is 4.48 Å². The average molecular weight is 430 g/mol. The fourth-order valence-electron chi connectivity index (χ4n) is 3.40. The molecule has 5 heteroatoms. The van der Waals surface area contributed by atoms with E-state index in [9.17, 15) is 0 Å². The fourth-order valence-corrected chi connectivity index (χ4v) is 3.40. The maximum atomic E-state index is 2.35. The zero-order valence-corrected chi connectivity index (χ0v) is 19.8. The number of aromatic nitrogens is 1. The molecular weight excluding hydrogens is 409 g/mol. The number of hydrogen-bond acceptors (Lipinski definition) is 0. The summed E-state index contributed by atoms with van der Waals surface area (Å²) in [5.41, 5.74) is 12.5. The molecule has 3 radical (unpaired) electrons. The molecule has 1 aromatic heterocycles. The second kappa shape index (κ2) is 6.67. The van der Waals surface area contributed by atoms with Crippen molar-refractivity contribution in [3.63, 3.8) is 0 Å². The molecule has 0 spiro atoms. The number of fused-ring (bicyclic) bond motifs is 2. The molecule has 2 aliphatic heterocycles. The molecular formula is C16H21BN2Y2+. The van der Waals surface area contributed by atoms with Crippen molar-refractivity contribution < 1.29 is 69.9 Å². The van der Waals surface area contributed by atoms with Crippen LogP contribution in [0.25, 0.3) is 5.57 Å². The molecule has 2 nitrogen and oxygen atoms in total. The third-order valence-electron chi connectivity index (χ3n) is 5.07. The normalized spacial score (nSPS) is 16.3. The SMILES string of the molecule is CC1=C(C)C(C)=[N+]2[B]n3c(C)c(C)c(C)c3C(C)=C12.[Y].[Y]. The number of allylic oxidation sites excluding steroid dienone is 3. The molecule has 21 heavy (non-hydrogen) atoms. The molecule has 103 valence electrons. The van der Waals surface area contributed by atoms with E-state index in [4.69, 9.17) is 0 Å². The molecule has 0 bridgehead atoms. The monoisotopic (exact) mass is 430 g/mol. The number of nitrogens with zero attached hydrogens (tertiary/aromatic N) is 2. The van der Waals surface area contributed by atoms with Gasteiger partial charge in [0, 0.05) is 100 Å². The van der Waals surface area contributed by atoms with Crippen molar-refractivity contribution in [1.29, 1.82) is 0 Å². The van der Waals surface area contributed by atoms with E-state index in [-0.39, 0.29) is 65.4 Å². The van der Waals surface area contributed by atoms with Gasteiger partial charge in [0.25, 0.3) is 0 Å². The van der Waals surface area contributed by atoms with Gasteiger partial charge in [0.1, 0.15) is 0 Å². The predicted octanol–water partition coefficient (Wildman–Crippen LogP) is 3.36. The summed E-state index contributed by atoms with van der Waals surface area (Å²) >= 11 is 0. The first-order valence-corrected chi connectivity index (χ1v) is 6.91. The smallest absolute Gasteiger partial charge is 0.322 e. The molecule has 0 fully saturated rings. The van der Waals surface area contributed by atoms with Gasteiger partial charge in [0.05, 0.1) is 0 Å². The van der Waals surface area contributed by atoms with Gasteiger partial charge in [0.2, 0.25) is 0 Å². The van der Waals surface area contributed by atoms with E-state index in [1.165, 1.54) is 50.6 Å². The van der Waals surface area contributed by atoms with E-state index in [2.05, 4.69) is 65.0 Å². The van der Waals surface area contributed by atoms with E-state index in [0.29, 0.717) is 0 Å². The van der Waals surface area contributed by atoms with Gasteiger partial charge < -0.3 is 4.48 Å². The van der Waals surface area contributed by atoms with Crippen molar-refractivity contribution in [2.24, 2.45) is 0 Å². The molecule has 0 unspecified atom stereocenters. The summed E-state index contributed by atoms with van der Waals surface area (Å²) in [7, 11) is 2.25. The summed E-state index contributed by atoms with van der Waals surface area (Å²) in [6.45, 7) is 15.6. The van der Waals surface area contributed by atoms with Crippen molar-refractivity contribution in [2.45, 2.75) is 48.5 Å². The van der Waals surface area contributed by atoms with Crippen LogP contribution in [0.4, 0.5) is 0 Å². The van der Waals surface area contributed by atoms with Gasteiger partial charge in [-0.3, -0.25) is 4.49 Å². The van der Waals surface area contributed by atoms with E-state index in [0.717, 1.165) is 0 Å². The Kier molecular flexibility index (Phi) is 6.28. The summed E-state index contributed by atoms with van der Waals surface area (Å²) in [4.78, 5) is 0. The Bertz CT molecular complexity index is 721. The van der Waals surface area contributed by atoms with Crippen LogP contribution < -0.4 is 0 Å². The van der Waals surface area contributed by atoms with Crippen LogP contribution in [-0.2, 0) is 65.4 Å². The average Bonchev–Trinajstić information content (AvgIpc) is 2.73. The summed E-state index contributed by atoms with van der Waals surface area (Å²) < 4.78 is 4.69. The standard InChI is InChI=1S/C16H21BN2.2Y/c1-8-10(3)15-12(5)16-11(4)9(2)14(7)19(16)17-18(15)13(8)6;;/h1-7H3;;/q+1;;. The topological polar surface area (TPSA) is 7.94 Å². The summed E-state index contributed by atoms with van der Waals surface area (Å²) in [6, 6.07) is 0. The maximum absolute atomic E-state index is 2.35. The van der Waals surface area contributed by atoms with Crippen LogP contribution >= 0.6 is 0 Å². The Morgan fingerprint density at radius 2 is 1.33 bits per heavy atom. The van der Waals surface area contributed by atoms with Crippen molar-refractivity contribution >= 4 is 18.8 Å². The number of rotatable bonds is 0. The van der Waals surface area contributed by atoms with Gasteiger partial charge in [-0.1, -0.05) is 0 Å². The van der Waals surface area contributed by atoms with Gasteiger partial charge in [-0.15, -0.1) is 0 Å². The van der Waals surface area contributed by atoms with E-state index >= 15 is 0 Å². The first-order valence-electron chi connectivity index (χ1n) is 6.91. The molecule has 0 atom stereocenters. The predicted molar refractivity (Wildman–Crippen MR) is 81.7 cm³/mol. The van der Waals surface area contributed by atoms with E-state index in [1.807, 2.05) is 0 Å². The number of hydrogen-bond donors (Lipinski definition) is 0. The molecule has 0 aromatic carbocycles. The minimum atomic E-state index is 0. The van der Waals surface area contributed by atoms with Crippen molar-refractivity contribution in [3.05, 3.63) is 39.4 Å². The molecule has 3 rings (SSSR count). The van der Waals surface area contributed by atoms with Crippen LogP contribution in [0.2, 0.25) is 0 Å². The van der Waals surface area contributed by atoms with Crippen molar-refractivity contribution in [3.8, 4) is 0 Å². The molecule has 0 saturated carbocycles. The van der Waals surface area contributed by atoms with Crippen LogP contribution in [-0.4, -0.2) is 22.2 Å². The van der Waals surface area contributed by atoms with Gasteiger partial charge in [0.15, 0.2) is 11.4 Å². The van der Waals surface area contributed by atoms with Crippen LogP contribution in [0.5, 0.6) is 0 Å². The van der Waals surface area contributed by atoms with Gasteiger partial charge in [-0.2, -0.15) is 0 Å².